The van der Waals surface area contributed by atoms with Gasteiger partial charge in [-0.15, -0.1) is 0 Å². The lowest BCUT2D eigenvalue weighted by Gasteiger charge is -2.42. The lowest BCUT2D eigenvalue weighted by Crippen LogP contribution is -2.63. The van der Waals surface area contributed by atoms with Gasteiger partial charge in [0.05, 0.1) is 12.2 Å². The van der Waals surface area contributed by atoms with E-state index in [1.165, 1.54) is 0 Å². The predicted octanol–water partition coefficient (Wildman–Crippen LogP) is -1.05. The molecule has 2 saturated heterocycles. The Labute approximate surface area is 79.2 Å². The van der Waals surface area contributed by atoms with E-state index in [1.807, 2.05) is 0 Å². The van der Waals surface area contributed by atoms with Crippen LogP contribution in [0.4, 0.5) is 0 Å². The maximum atomic E-state index is 3.43. The molecule has 0 aromatic heterocycles. The van der Waals surface area contributed by atoms with Crippen molar-refractivity contribution in [3.8, 4) is 0 Å². The Hall–Kier alpha value is -0.200. The monoisotopic (exact) mass is 185 g/mol. The molecule has 2 heterocycles. The van der Waals surface area contributed by atoms with Crippen LogP contribution in [-0.2, 0) is 0 Å². The molecule has 2 aliphatic heterocycles. The summed E-state index contributed by atoms with van der Waals surface area (Å²) >= 11 is 0. The van der Waals surface area contributed by atoms with Crippen LogP contribution < -0.4 is 21.7 Å². The molecule has 4 N–H and O–H groups in total. The van der Waals surface area contributed by atoms with Crippen molar-refractivity contribution in [3.63, 3.8) is 0 Å². The molecule has 0 aromatic rings. The molecule has 5 heteroatoms. The van der Waals surface area contributed by atoms with Gasteiger partial charge in [0.25, 0.3) is 0 Å². The molecule has 2 unspecified atom stereocenters. The highest BCUT2D eigenvalue weighted by Crippen LogP contribution is 2.16. The van der Waals surface area contributed by atoms with Gasteiger partial charge < -0.3 is 0 Å². The van der Waals surface area contributed by atoms with Crippen LogP contribution in [-0.4, -0.2) is 35.9 Å². The first-order valence-corrected chi connectivity index (χ1v) is 4.82. The number of hydrogen-bond donors (Lipinski definition) is 4. The third kappa shape index (κ3) is 1.84. The number of nitrogens with zero attached hydrogens (tertiary/aromatic N) is 1. The molecule has 0 aromatic carbocycles. The summed E-state index contributed by atoms with van der Waals surface area (Å²) in [6.07, 6.45) is 0.360. The van der Waals surface area contributed by atoms with Gasteiger partial charge in [0.15, 0.2) is 0 Å². The third-order valence-electron chi connectivity index (χ3n) is 2.76. The molecule has 76 valence electrons. The largest absolute Gasteiger partial charge is 0.287 e. The van der Waals surface area contributed by atoms with Gasteiger partial charge in [0.2, 0.25) is 0 Å². The highest BCUT2D eigenvalue weighted by Gasteiger charge is 2.35. The van der Waals surface area contributed by atoms with Crippen molar-refractivity contribution in [1.29, 1.82) is 0 Å². The average molecular weight is 185 g/mol. The van der Waals surface area contributed by atoms with Crippen LogP contribution >= 0.6 is 0 Å². The summed E-state index contributed by atoms with van der Waals surface area (Å²) in [5.74, 6) is 0. The Balaban J connectivity index is 1.97. The Morgan fingerprint density at radius 2 is 2.00 bits per heavy atom. The molecule has 2 rings (SSSR count). The number of rotatable bonds is 0. The fourth-order valence-corrected chi connectivity index (χ4v) is 1.76. The maximum Gasteiger partial charge on any atom is 0.0909 e. The van der Waals surface area contributed by atoms with Crippen LogP contribution in [0.5, 0.6) is 0 Å². The number of hydrogen-bond acceptors (Lipinski definition) is 5. The first-order valence-electron chi connectivity index (χ1n) is 4.82. The van der Waals surface area contributed by atoms with E-state index in [9.17, 15) is 0 Å². The highest BCUT2D eigenvalue weighted by atomic mass is 15.7. The van der Waals surface area contributed by atoms with Crippen molar-refractivity contribution in [2.75, 3.05) is 13.2 Å². The Morgan fingerprint density at radius 3 is 2.69 bits per heavy atom. The second-order valence-corrected chi connectivity index (χ2v) is 4.75. The predicted molar refractivity (Wildman–Crippen MR) is 51.4 cm³/mol. The summed E-state index contributed by atoms with van der Waals surface area (Å²) in [5.41, 5.74) is 9.51. The van der Waals surface area contributed by atoms with Gasteiger partial charge in [-0.05, 0) is 20.8 Å². The lowest BCUT2D eigenvalue weighted by atomic mass is 10.0. The molecule has 0 radical (unpaired) electrons. The molecule has 2 fully saturated rings. The molecule has 0 amide bonds. The van der Waals surface area contributed by atoms with E-state index in [1.54, 1.807) is 0 Å². The van der Waals surface area contributed by atoms with Gasteiger partial charge in [-0.2, -0.15) is 5.53 Å². The van der Waals surface area contributed by atoms with Crippen molar-refractivity contribution in [2.45, 2.75) is 38.5 Å². The third-order valence-corrected chi connectivity index (χ3v) is 2.76. The van der Waals surface area contributed by atoms with E-state index in [0.717, 1.165) is 13.2 Å². The summed E-state index contributed by atoms with van der Waals surface area (Å²) in [4.78, 5) is 2.43. The fourth-order valence-electron chi connectivity index (χ4n) is 1.76. The minimum atomic E-state index is 0.238. The zero-order valence-electron chi connectivity index (χ0n) is 8.52. The number of hydrazine groups is 2. The van der Waals surface area contributed by atoms with Gasteiger partial charge in [0.1, 0.15) is 0 Å². The summed E-state index contributed by atoms with van der Waals surface area (Å²) in [6, 6.07) is 0.452. The van der Waals surface area contributed by atoms with E-state index in [2.05, 4.69) is 47.4 Å². The van der Waals surface area contributed by atoms with Crippen LogP contribution in [0.25, 0.3) is 0 Å². The summed E-state index contributed by atoms with van der Waals surface area (Å²) in [5, 5.41) is 3.43. The standard InChI is InChI=1S/C8H19N5/c1-8(2,3)13-4-6-7(9-5-13)11-12-10-6/h6-7,9-12H,4-5H2,1-3H3. The average Bonchev–Trinajstić information content (AvgIpc) is 2.47. The van der Waals surface area contributed by atoms with Crippen molar-refractivity contribution in [3.05, 3.63) is 0 Å². The lowest BCUT2D eigenvalue weighted by molar-refractivity contribution is 0.0708. The van der Waals surface area contributed by atoms with Crippen molar-refractivity contribution >= 4 is 0 Å². The fraction of sp³-hybridized carbons (Fsp3) is 1.00. The molecule has 0 bridgehead atoms. The molecule has 0 saturated carbocycles. The molecule has 0 spiro atoms. The second-order valence-electron chi connectivity index (χ2n) is 4.75. The van der Waals surface area contributed by atoms with Gasteiger partial charge >= 0.3 is 0 Å². The van der Waals surface area contributed by atoms with Crippen molar-refractivity contribution < 1.29 is 0 Å². The SMILES string of the molecule is CC(C)(C)N1CNC2NNNC2C1. The number of fused-ring (bicyclic) bond motifs is 1. The summed E-state index contributed by atoms with van der Waals surface area (Å²) in [6.45, 7) is 8.74. The van der Waals surface area contributed by atoms with E-state index >= 15 is 0 Å². The first-order chi connectivity index (χ1) is 6.07. The zero-order valence-corrected chi connectivity index (χ0v) is 8.52. The second kappa shape index (κ2) is 3.18. The molecule has 2 atom stereocenters. The molecule has 5 nitrogen and oxygen atoms in total. The Morgan fingerprint density at radius 1 is 1.23 bits per heavy atom. The first kappa shape index (κ1) is 9.36. The van der Waals surface area contributed by atoms with Gasteiger partial charge in [-0.1, -0.05) is 0 Å². The Bertz CT molecular complexity index is 187. The van der Waals surface area contributed by atoms with E-state index in [4.69, 9.17) is 0 Å². The topological polar surface area (TPSA) is 51.4 Å². The van der Waals surface area contributed by atoms with Crippen LogP contribution in [0.3, 0.4) is 0 Å². The molecule has 13 heavy (non-hydrogen) atoms. The van der Waals surface area contributed by atoms with E-state index < -0.39 is 0 Å². The van der Waals surface area contributed by atoms with Gasteiger partial charge in [-0.25, -0.2) is 10.9 Å². The van der Waals surface area contributed by atoms with Crippen LogP contribution in [0.2, 0.25) is 0 Å². The van der Waals surface area contributed by atoms with Gasteiger partial charge in [-0.3, -0.25) is 10.2 Å². The zero-order chi connectivity index (χ0) is 9.47. The minimum absolute atomic E-state index is 0.238. The minimum Gasteiger partial charge on any atom is -0.287 e. The normalized spacial score (nSPS) is 36.2. The van der Waals surface area contributed by atoms with Crippen LogP contribution in [0.1, 0.15) is 20.8 Å². The quantitative estimate of drug-likeness (QED) is 0.388. The highest BCUT2D eigenvalue weighted by molar-refractivity contribution is 4.92. The molecule has 2 aliphatic rings. The Kier molecular flexibility index (Phi) is 2.29. The van der Waals surface area contributed by atoms with Crippen LogP contribution in [0.15, 0.2) is 0 Å². The molecular formula is C8H19N5. The summed E-state index contributed by atoms with van der Waals surface area (Å²) < 4.78 is 0. The number of nitrogens with one attached hydrogen (secondary N) is 4. The van der Waals surface area contributed by atoms with Gasteiger partial charge in [0, 0.05) is 18.8 Å². The molecular weight excluding hydrogens is 166 g/mol. The molecule has 0 aliphatic carbocycles. The van der Waals surface area contributed by atoms with E-state index in [0.29, 0.717) is 12.2 Å². The van der Waals surface area contributed by atoms with Crippen LogP contribution in [0, 0.1) is 0 Å². The van der Waals surface area contributed by atoms with Crippen molar-refractivity contribution in [1.82, 2.24) is 26.6 Å². The smallest absolute Gasteiger partial charge is 0.0909 e. The van der Waals surface area contributed by atoms with Crippen molar-refractivity contribution in [2.24, 2.45) is 0 Å². The summed E-state index contributed by atoms with van der Waals surface area (Å²) in [7, 11) is 0. The maximum absolute atomic E-state index is 3.43. The van der Waals surface area contributed by atoms with E-state index in [-0.39, 0.29) is 5.54 Å².